The van der Waals surface area contributed by atoms with Crippen LogP contribution in [0.5, 0.6) is 0 Å². The highest BCUT2D eigenvalue weighted by molar-refractivity contribution is 5.80. The van der Waals surface area contributed by atoms with E-state index in [9.17, 15) is 0 Å². The first-order valence-electron chi connectivity index (χ1n) is 15.0. The second-order valence-electron chi connectivity index (χ2n) is 11.1. The van der Waals surface area contributed by atoms with Crippen LogP contribution < -0.4 is 0 Å². The molecule has 40 heavy (non-hydrogen) atoms. The van der Waals surface area contributed by atoms with Crippen molar-refractivity contribution < 1.29 is 0 Å². The summed E-state index contributed by atoms with van der Waals surface area (Å²) < 4.78 is 0. The van der Waals surface area contributed by atoms with E-state index in [1.807, 2.05) is 0 Å². The van der Waals surface area contributed by atoms with Crippen molar-refractivity contribution in [2.45, 2.75) is 67.2 Å². The molecule has 5 aromatic carbocycles. The fourth-order valence-electron chi connectivity index (χ4n) is 6.06. The summed E-state index contributed by atoms with van der Waals surface area (Å²) in [5.41, 5.74) is 18.9. The topological polar surface area (TPSA) is 0 Å². The van der Waals surface area contributed by atoms with E-state index in [0.717, 1.165) is 25.7 Å². The van der Waals surface area contributed by atoms with Gasteiger partial charge in [-0.1, -0.05) is 136 Å². The summed E-state index contributed by atoms with van der Waals surface area (Å²) in [6, 6.07) is 36.9. The molecule has 0 fully saturated rings. The van der Waals surface area contributed by atoms with Gasteiger partial charge in [-0.25, -0.2) is 0 Å². The van der Waals surface area contributed by atoms with Gasteiger partial charge in [-0.05, 0) is 106 Å². The Morgan fingerprint density at radius 1 is 0.325 bits per heavy atom. The summed E-state index contributed by atoms with van der Waals surface area (Å²) in [7, 11) is 0. The van der Waals surface area contributed by atoms with Crippen LogP contribution in [-0.4, -0.2) is 0 Å². The average Bonchev–Trinajstić information content (AvgIpc) is 3.00. The molecular formula is C40H42. The van der Waals surface area contributed by atoms with E-state index in [2.05, 4.69) is 139 Å². The Hall–Kier alpha value is -3.90. The van der Waals surface area contributed by atoms with Gasteiger partial charge in [-0.3, -0.25) is 0 Å². The van der Waals surface area contributed by atoms with Crippen LogP contribution in [0.4, 0.5) is 0 Å². The monoisotopic (exact) mass is 522 g/mol. The normalized spacial score (nSPS) is 11.2. The van der Waals surface area contributed by atoms with Crippen molar-refractivity contribution in [3.8, 4) is 44.5 Å². The molecule has 0 N–H and O–H groups in total. The van der Waals surface area contributed by atoms with E-state index in [1.54, 1.807) is 0 Å². The Balaban J connectivity index is 1.49. The maximum Gasteiger partial charge on any atom is -0.0149 e. The summed E-state index contributed by atoms with van der Waals surface area (Å²) in [4.78, 5) is 0. The van der Waals surface area contributed by atoms with Gasteiger partial charge < -0.3 is 0 Å². The predicted molar refractivity (Wildman–Crippen MR) is 175 cm³/mol. The van der Waals surface area contributed by atoms with Crippen LogP contribution in [0.15, 0.2) is 97.1 Å². The van der Waals surface area contributed by atoms with Crippen LogP contribution in [0.2, 0.25) is 0 Å². The van der Waals surface area contributed by atoms with Crippen molar-refractivity contribution in [3.63, 3.8) is 0 Å². The first kappa shape index (κ1) is 27.7. The van der Waals surface area contributed by atoms with Crippen LogP contribution >= 0.6 is 0 Å². The molecule has 0 amide bonds. The zero-order valence-corrected chi connectivity index (χ0v) is 25.1. The second kappa shape index (κ2) is 12.1. The summed E-state index contributed by atoms with van der Waals surface area (Å²) in [5.74, 6) is 0. The second-order valence-corrected chi connectivity index (χ2v) is 11.1. The van der Waals surface area contributed by atoms with Gasteiger partial charge >= 0.3 is 0 Å². The maximum atomic E-state index is 2.44. The Morgan fingerprint density at radius 2 is 0.600 bits per heavy atom. The van der Waals surface area contributed by atoms with E-state index in [4.69, 9.17) is 0 Å². The summed E-state index contributed by atoms with van der Waals surface area (Å²) in [5, 5.41) is 0. The van der Waals surface area contributed by atoms with Crippen molar-refractivity contribution in [1.82, 2.24) is 0 Å². The van der Waals surface area contributed by atoms with E-state index in [-0.39, 0.29) is 0 Å². The van der Waals surface area contributed by atoms with Crippen LogP contribution in [-0.2, 0) is 25.7 Å². The molecule has 0 aliphatic rings. The molecule has 0 heteroatoms. The lowest BCUT2D eigenvalue weighted by atomic mass is 9.87. The molecule has 0 saturated carbocycles. The maximum absolute atomic E-state index is 2.44. The molecule has 0 aliphatic carbocycles. The molecule has 5 aromatic rings. The first-order chi connectivity index (χ1) is 19.4. The van der Waals surface area contributed by atoms with E-state index < -0.39 is 0 Å². The van der Waals surface area contributed by atoms with Gasteiger partial charge in [0.2, 0.25) is 0 Å². The number of rotatable bonds is 8. The molecule has 0 bridgehead atoms. The Kier molecular flexibility index (Phi) is 8.36. The molecule has 5 rings (SSSR count). The number of hydrogen-bond donors (Lipinski definition) is 0. The summed E-state index contributed by atoms with van der Waals surface area (Å²) >= 11 is 0. The highest BCUT2D eigenvalue weighted by Gasteiger charge is 2.13. The molecule has 0 aliphatic heterocycles. The van der Waals surface area contributed by atoms with E-state index >= 15 is 0 Å². The van der Waals surface area contributed by atoms with Crippen LogP contribution in [0.1, 0.15) is 61.1 Å². The first-order valence-corrected chi connectivity index (χ1v) is 15.0. The molecule has 0 unspecified atom stereocenters. The number of aryl methyl sites for hydroxylation is 6. The molecule has 0 heterocycles. The highest BCUT2D eigenvalue weighted by Crippen LogP contribution is 2.36. The molecule has 202 valence electrons. The minimum atomic E-state index is 1.01. The largest absolute Gasteiger partial charge is 0.0613 e. The fraction of sp³-hybridized carbons (Fsp3) is 0.250. The van der Waals surface area contributed by atoms with Crippen molar-refractivity contribution >= 4 is 0 Å². The smallest absolute Gasteiger partial charge is 0.0149 e. The number of benzene rings is 5. The average molecular weight is 523 g/mol. The minimum Gasteiger partial charge on any atom is -0.0613 e. The highest BCUT2D eigenvalue weighted by atomic mass is 14.2. The van der Waals surface area contributed by atoms with Crippen molar-refractivity contribution in [2.24, 2.45) is 0 Å². The molecule has 0 saturated heterocycles. The lowest BCUT2D eigenvalue weighted by Crippen LogP contribution is -1.96. The lowest BCUT2D eigenvalue weighted by Gasteiger charge is -2.17. The molecule has 0 atom stereocenters. The summed E-state index contributed by atoms with van der Waals surface area (Å²) in [6.07, 6.45) is 4.11. The molecule has 0 nitrogen and oxygen atoms in total. The van der Waals surface area contributed by atoms with Crippen LogP contribution in [0.3, 0.4) is 0 Å². The van der Waals surface area contributed by atoms with Gasteiger partial charge in [0, 0.05) is 0 Å². The van der Waals surface area contributed by atoms with Crippen LogP contribution in [0, 0.1) is 13.8 Å². The van der Waals surface area contributed by atoms with Crippen molar-refractivity contribution in [3.05, 3.63) is 130 Å². The van der Waals surface area contributed by atoms with Gasteiger partial charge in [0.25, 0.3) is 0 Å². The predicted octanol–water partition coefficient (Wildman–Crippen LogP) is 11.2. The summed E-state index contributed by atoms with van der Waals surface area (Å²) in [6.45, 7) is 13.4. The molecule has 0 radical (unpaired) electrons. The van der Waals surface area contributed by atoms with E-state index in [0.29, 0.717) is 0 Å². The molecular weight excluding hydrogens is 480 g/mol. The zero-order chi connectivity index (χ0) is 28.2. The van der Waals surface area contributed by atoms with E-state index in [1.165, 1.54) is 77.9 Å². The third-order valence-corrected chi connectivity index (χ3v) is 8.39. The Bertz CT molecular complexity index is 1490. The molecule has 0 aromatic heterocycles. The fourth-order valence-corrected chi connectivity index (χ4v) is 6.06. The quantitative estimate of drug-likeness (QED) is 0.190. The van der Waals surface area contributed by atoms with Gasteiger partial charge in [-0.2, -0.15) is 0 Å². The van der Waals surface area contributed by atoms with Gasteiger partial charge in [0.05, 0.1) is 0 Å². The third-order valence-electron chi connectivity index (χ3n) is 8.39. The van der Waals surface area contributed by atoms with Crippen molar-refractivity contribution in [1.29, 1.82) is 0 Å². The standard InChI is InChI=1S/C40H42/c1-7-29-23-27(5)11-21-37(29)33-13-17-35(18-14-33)39-25-32(10-4)40(26-31(39)9-3)36-19-15-34(16-20-36)38-22-12-28(6)24-30(38)8-2/h11-26H,7-10H2,1-6H3. The van der Waals surface area contributed by atoms with Gasteiger partial charge in [0.1, 0.15) is 0 Å². The lowest BCUT2D eigenvalue weighted by molar-refractivity contribution is 1.10. The number of hydrogen-bond acceptors (Lipinski definition) is 0. The van der Waals surface area contributed by atoms with Crippen LogP contribution in [0.25, 0.3) is 44.5 Å². The third kappa shape index (κ3) is 5.54. The Morgan fingerprint density at radius 3 is 0.900 bits per heavy atom. The minimum absolute atomic E-state index is 1.01. The van der Waals surface area contributed by atoms with Gasteiger partial charge in [0.15, 0.2) is 0 Å². The van der Waals surface area contributed by atoms with Gasteiger partial charge in [-0.15, -0.1) is 0 Å². The SMILES string of the molecule is CCc1cc(C)ccc1-c1ccc(-c2cc(CC)c(-c3ccc(-c4ccc(C)cc4CC)cc3)cc2CC)cc1. The van der Waals surface area contributed by atoms with Crippen molar-refractivity contribution in [2.75, 3.05) is 0 Å². The Labute approximate surface area is 241 Å². The molecule has 0 spiro atoms. The zero-order valence-electron chi connectivity index (χ0n) is 25.1.